The van der Waals surface area contributed by atoms with E-state index < -0.39 is 0 Å². The fraction of sp³-hybridized carbons (Fsp3) is 0.214. The van der Waals surface area contributed by atoms with Crippen molar-refractivity contribution in [1.82, 2.24) is 0 Å². The summed E-state index contributed by atoms with van der Waals surface area (Å²) >= 11 is 0. The van der Waals surface area contributed by atoms with Crippen LogP contribution in [-0.2, 0) is 11.3 Å². The molecule has 0 spiro atoms. The maximum absolute atomic E-state index is 8.28. The van der Waals surface area contributed by atoms with Gasteiger partial charge < -0.3 is 4.74 Å². The molecule has 0 heterocycles. The molecule has 2 heteroatoms. The molecular formula is C14H15NO. The van der Waals surface area contributed by atoms with Crippen molar-refractivity contribution in [3.05, 3.63) is 60.2 Å². The summed E-state index contributed by atoms with van der Waals surface area (Å²) in [6.45, 7) is 2.58. The number of allylic oxidation sites excluding steroid dienone is 3. The number of rotatable bonds is 5. The van der Waals surface area contributed by atoms with E-state index in [1.54, 1.807) is 6.08 Å². The Bertz CT molecular complexity index is 387. The van der Waals surface area contributed by atoms with Crippen LogP contribution in [0.15, 0.2) is 54.6 Å². The molecule has 0 aromatic heterocycles. The molecule has 0 N–H and O–H groups in total. The minimum atomic E-state index is 0.0450. The monoisotopic (exact) mass is 213 g/mol. The molecule has 1 aromatic rings. The SMILES string of the molecule is C[C@@H](/C=C\C=C\C#N)OCc1ccccc1. The standard InChI is InChI=1S/C14H15NO/c1-13(8-4-3-7-11-15)16-12-14-9-5-2-6-10-14/h2-10,13H,12H2,1H3/b7-3+,8-4-/t13-/m0/s1. The van der Waals surface area contributed by atoms with Crippen LogP contribution < -0.4 is 0 Å². The second kappa shape index (κ2) is 7.44. The van der Waals surface area contributed by atoms with Gasteiger partial charge in [-0.1, -0.05) is 48.6 Å². The summed E-state index contributed by atoms with van der Waals surface area (Å²) in [7, 11) is 0. The molecule has 2 nitrogen and oxygen atoms in total. The third-order valence-electron chi connectivity index (χ3n) is 2.02. The van der Waals surface area contributed by atoms with Crippen molar-refractivity contribution >= 4 is 0 Å². The van der Waals surface area contributed by atoms with Gasteiger partial charge in [-0.15, -0.1) is 0 Å². The van der Waals surface area contributed by atoms with Gasteiger partial charge >= 0.3 is 0 Å². The van der Waals surface area contributed by atoms with Gasteiger partial charge in [0.1, 0.15) is 0 Å². The first-order chi connectivity index (χ1) is 7.83. The Kier molecular flexibility index (Phi) is 5.68. The lowest BCUT2D eigenvalue weighted by molar-refractivity contribution is 0.0841. The van der Waals surface area contributed by atoms with Crippen molar-refractivity contribution < 1.29 is 4.74 Å². The predicted molar refractivity (Wildman–Crippen MR) is 64.6 cm³/mol. The van der Waals surface area contributed by atoms with Gasteiger partial charge in [-0.2, -0.15) is 5.26 Å². The van der Waals surface area contributed by atoms with Crippen LogP contribution in [0.3, 0.4) is 0 Å². The predicted octanol–water partition coefficient (Wildman–Crippen LogP) is 3.23. The van der Waals surface area contributed by atoms with E-state index in [1.807, 2.05) is 55.5 Å². The second-order valence-electron chi connectivity index (χ2n) is 3.37. The normalized spacial score (nSPS) is 13.0. The van der Waals surface area contributed by atoms with Gasteiger partial charge in [0.25, 0.3) is 0 Å². The van der Waals surface area contributed by atoms with Crippen LogP contribution in [0.1, 0.15) is 12.5 Å². The Hall–Kier alpha value is -1.85. The molecule has 0 aliphatic rings. The van der Waals surface area contributed by atoms with Crippen LogP contribution in [0.2, 0.25) is 0 Å². The summed E-state index contributed by atoms with van der Waals surface area (Å²) in [4.78, 5) is 0. The summed E-state index contributed by atoms with van der Waals surface area (Å²) in [5.74, 6) is 0. The first-order valence-corrected chi connectivity index (χ1v) is 5.21. The average molecular weight is 213 g/mol. The van der Waals surface area contributed by atoms with Crippen molar-refractivity contribution in [2.75, 3.05) is 0 Å². The summed E-state index contributed by atoms with van der Waals surface area (Å²) in [5.41, 5.74) is 1.16. The molecule has 0 aliphatic carbocycles. The molecule has 0 fully saturated rings. The van der Waals surface area contributed by atoms with Gasteiger partial charge in [-0.25, -0.2) is 0 Å². The van der Waals surface area contributed by atoms with E-state index in [9.17, 15) is 0 Å². The van der Waals surface area contributed by atoms with Gasteiger partial charge in [0, 0.05) is 6.08 Å². The van der Waals surface area contributed by atoms with Crippen LogP contribution in [0.25, 0.3) is 0 Å². The van der Waals surface area contributed by atoms with E-state index in [2.05, 4.69) is 0 Å². The van der Waals surface area contributed by atoms with E-state index in [-0.39, 0.29) is 6.10 Å². The van der Waals surface area contributed by atoms with Crippen molar-refractivity contribution in [2.24, 2.45) is 0 Å². The van der Waals surface area contributed by atoms with Crippen molar-refractivity contribution in [3.63, 3.8) is 0 Å². The topological polar surface area (TPSA) is 33.0 Å². The highest BCUT2D eigenvalue weighted by molar-refractivity contribution is 5.14. The van der Waals surface area contributed by atoms with E-state index in [0.717, 1.165) is 5.56 Å². The fourth-order valence-electron chi connectivity index (χ4n) is 1.18. The molecule has 82 valence electrons. The van der Waals surface area contributed by atoms with Crippen LogP contribution >= 0.6 is 0 Å². The number of ether oxygens (including phenoxy) is 1. The molecule has 0 unspecified atom stereocenters. The molecule has 0 saturated carbocycles. The van der Waals surface area contributed by atoms with Crippen molar-refractivity contribution in [2.45, 2.75) is 19.6 Å². The summed E-state index contributed by atoms with van der Waals surface area (Å²) in [5, 5.41) is 8.28. The molecule has 0 bridgehead atoms. The van der Waals surface area contributed by atoms with Gasteiger partial charge in [0.15, 0.2) is 0 Å². The van der Waals surface area contributed by atoms with E-state index in [1.165, 1.54) is 6.08 Å². The first-order valence-electron chi connectivity index (χ1n) is 5.21. The molecule has 1 atom stereocenters. The largest absolute Gasteiger partial charge is 0.370 e. The Morgan fingerprint density at radius 1 is 1.31 bits per heavy atom. The van der Waals surface area contributed by atoms with Crippen molar-refractivity contribution in [1.29, 1.82) is 5.26 Å². The third-order valence-corrected chi connectivity index (χ3v) is 2.02. The highest BCUT2D eigenvalue weighted by Gasteiger charge is 1.96. The highest BCUT2D eigenvalue weighted by atomic mass is 16.5. The zero-order chi connectivity index (χ0) is 11.6. The number of nitriles is 1. The molecule has 1 rings (SSSR count). The lowest BCUT2D eigenvalue weighted by Gasteiger charge is -2.08. The fourth-order valence-corrected chi connectivity index (χ4v) is 1.18. The minimum Gasteiger partial charge on any atom is -0.370 e. The van der Waals surface area contributed by atoms with E-state index >= 15 is 0 Å². The first kappa shape index (κ1) is 12.2. The highest BCUT2D eigenvalue weighted by Crippen LogP contribution is 2.03. The molecule has 16 heavy (non-hydrogen) atoms. The van der Waals surface area contributed by atoms with Crippen LogP contribution in [0, 0.1) is 11.3 Å². The summed E-state index contributed by atoms with van der Waals surface area (Å²) in [6.07, 6.45) is 6.90. The second-order valence-corrected chi connectivity index (χ2v) is 3.37. The van der Waals surface area contributed by atoms with Gasteiger partial charge in [0.05, 0.1) is 18.8 Å². The Morgan fingerprint density at radius 2 is 2.06 bits per heavy atom. The maximum Gasteiger partial charge on any atom is 0.0912 e. The minimum absolute atomic E-state index is 0.0450. The third kappa shape index (κ3) is 5.14. The lowest BCUT2D eigenvalue weighted by atomic mass is 10.2. The van der Waals surface area contributed by atoms with Crippen LogP contribution in [0.4, 0.5) is 0 Å². The average Bonchev–Trinajstić information content (AvgIpc) is 2.33. The van der Waals surface area contributed by atoms with E-state index in [4.69, 9.17) is 10.00 Å². The molecular weight excluding hydrogens is 198 g/mol. The van der Waals surface area contributed by atoms with Crippen LogP contribution in [0.5, 0.6) is 0 Å². The Balaban J connectivity index is 2.31. The van der Waals surface area contributed by atoms with Crippen LogP contribution in [-0.4, -0.2) is 6.10 Å². The molecule has 0 amide bonds. The van der Waals surface area contributed by atoms with E-state index in [0.29, 0.717) is 6.61 Å². The lowest BCUT2D eigenvalue weighted by Crippen LogP contribution is -2.03. The zero-order valence-corrected chi connectivity index (χ0v) is 9.34. The van der Waals surface area contributed by atoms with Gasteiger partial charge in [0.2, 0.25) is 0 Å². The molecule has 0 aliphatic heterocycles. The zero-order valence-electron chi connectivity index (χ0n) is 9.34. The smallest absolute Gasteiger partial charge is 0.0912 e. The van der Waals surface area contributed by atoms with Crippen molar-refractivity contribution in [3.8, 4) is 6.07 Å². The number of benzene rings is 1. The van der Waals surface area contributed by atoms with Gasteiger partial charge in [-0.05, 0) is 12.5 Å². The molecule has 0 radical (unpaired) electrons. The maximum atomic E-state index is 8.28. The number of nitrogens with zero attached hydrogens (tertiary/aromatic N) is 1. The Labute approximate surface area is 96.5 Å². The molecule has 0 saturated heterocycles. The number of hydrogen-bond donors (Lipinski definition) is 0. The molecule has 1 aromatic carbocycles. The summed E-state index contributed by atoms with van der Waals surface area (Å²) < 4.78 is 5.60. The van der Waals surface area contributed by atoms with Gasteiger partial charge in [-0.3, -0.25) is 0 Å². The summed E-state index contributed by atoms with van der Waals surface area (Å²) in [6, 6.07) is 12.0. The Morgan fingerprint density at radius 3 is 2.75 bits per heavy atom. The number of hydrogen-bond acceptors (Lipinski definition) is 2. The quantitative estimate of drug-likeness (QED) is 0.555.